The molecule has 0 aliphatic carbocycles. The number of methoxy groups -OCH3 is 1. The Labute approximate surface area is 166 Å². The highest BCUT2D eigenvalue weighted by Crippen LogP contribution is 2.26. The third-order valence-electron chi connectivity index (χ3n) is 4.96. The number of hydrogen-bond donors (Lipinski definition) is 0. The summed E-state index contributed by atoms with van der Waals surface area (Å²) in [5, 5.41) is 11.1. The molecule has 3 aromatic carbocycles. The van der Waals surface area contributed by atoms with Gasteiger partial charge in [0, 0.05) is 13.1 Å². The number of hydrogen-bond acceptors (Lipinski definition) is 3. The molecule has 1 unspecified atom stereocenters. The van der Waals surface area contributed by atoms with Crippen LogP contribution in [0.2, 0.25) is 0 Å². The maximum Gasteiger partial charge on any atom is 0.230 e. The standard InChI is InChI=1S/C24H24N2O2/c1-18(20-9-10-22-16-23(28-2)12-11-21(22)15-20)24(27)26(14-6-13-25)17-19-7-4-3-5-8-19/h3-5,7-12,15-16,18H,6,14,17H2,1-2H3. The van der Waals surface area contributed by atoms with Gasteiger partial charge in [0.1, 0.15) is 5.75 Å². The van der Waals surface area contributed by atoms with E-state index in [-0.39, 0.29) is 11.8 Å². The number of carbonyl (C=O) groups is 1. The summed E-state index contributed by atoms with van der Waals surface area (Å²) >= 11 is 0. The Bertz CT molecular complexity index is 992. The smallest absolute Gasteiger partial charge is 0.230 e. The van der Waals surface area contributed by atoms with E-state index in [1.54, 1.807) is 12.0 Å². The Morgan fingerprint density at radius 1 is 1.07 bits per heavy atom. The van der Waals surface area contributed by atoms with Crippen molar-refractivity contribution in [1.29, 1.82) is 5.26 Å². The van der Waals surface area contributed by atoms with Gasteiger partial charge in [-0.15, -0.1) is 0 Å². The molecule has 0 N–H and O–H groups in total. The topological polar surface area (TPSA) is 53.3 Å². The molecule has 4 nitrogen and oxygen atoms in total. The van der Waals surface area contributed by atoms with E-state index in [1.165, 1.54) is 0 Å². The Morgan fingerprint density at radius 3 is 2.50 bits per heavy atom. The van der Waals surface area contributed by atoms with Gasteiger partial charge in [-0.05, 0) is 41.0 Å². The predicted molar refractivity (Wildman–Crippen MR) is 111 cm³/mol. The minimum Gasteiger partial charge on any atom is -0.497 e. The van der Waals surface area contributed by atoms with Crippen LogP contribution in [0.15, 0.2) is 66.7 Å². The molecule has 0 aliphatic heterocycles. The molecule has 0 saturated heterocycles. The third-order valence-corrected chi connectivity index (χ3v) is 4.96. The Hall–Kier alpha value is -3.32. The van der Waals surface area contributed by atoms with Crippen molar-refractivity contribution in [2.75, 3.05) is 13.7 Å². The van der Waals surface area contributed by atoms with Gasteiger partial charge >= 0.3 is 0 Å². The minimum absolute atomic E-state index is 0.0342. The van der Waals surface area contributed by atoms with Gasteiger partial charge in [-0.2, -0.15) is 5.26 Å². The SMILES string of the molecule is COc1ccc2cc(C(C)C(=O)N(CCC#N)Cc3ccccc3)ccc2c1. The van der Waals surface area contributed by atoms with E-state index < -0.39 is 0 Å². The summed E-state index contributed by atoms with van der Waals surface area (Å²) in [4.78, 5) is 15.0. The Kier molecular flexibility index (Phi) is 6.29. The quantitative estimate of drug-likeness (QED) is 0.593. The molecule has 0 aliphatic rings. The van der Waals surface area contributed by atoms with Crippen molar-refractivity contribution in [1.82, 2.24) is 4.90 Å². The van der Waals surface area contributed by atoms with Crippen LogP contribution in [0, 0.1) is 11.3 Å². The van der Waals surface area contributed by atoms with Crippen LogP contribution >= 0.6 is 0 Å². The zero-order valence-corrected chi connectivity index (χ0v) is 16.3. The predicted octanol–water partition coefficient (Wildman–Crippen LogP) is 4.89. The highest BCUT2D eigenvalue weighted by Gasteiger charge is 2.22. The lowest BCUT2D eigenvalue weighted by atomic mass is 9.96. The van der Waals surface area contributed by atoms with Crippen LogP contribution in [0.5, 0.6) is 5.75 Å². The average molecular weight is 372 g/mol. The Balaban J connectivity index is 1.83. The fourth-order valence-electron chi connectivity index (χ4n) is 3.31. The Morgan fingerprint density at radius 2 is 1.79 bits per heavy atom. The van der Waals surface area contributed by atoms with E-state index in [0.717, 1.165) is 27.6 Å². The van der Waals surface area contributed by atoms with Crippen molar-refractivity contribution in [3.05, 3.63) is 77.9 Å². The molecule has 0 saturated carbocycles. The van der Waals surface area contributed by atoms with E-state index in [0.29, 0.717) is 19.5 Å². The van der Waals surface area contributed by atoms with Crippen molar-refractivity contribution >= 4 is 16.7 Å². The fourth-order valence-corrected chi connectivity index (χ4v) is 3.31. The van der Waals surface area contributed by atoms with E-state index in [1.807, 2.05) is 67.6 Å². The van der Waals surface area contributed by atoms with Crippen molar-refractivity contribution in [2.45, 2.75) is 25.8 Å². The second kappa shape index (κ2) is 9.05. The van der Waals surface area contributed by atoms with Crippen LogP contribution in [-0.4, -0.2) is 24.5 Å². The molecule has 4 heteroatoms. The lowest BCUT2D eigenvalue weighted by Crippen LogP contribution is -2.34. The molecule has 1 amide bonds. The molecule has 0 heterocycles. The average Bonchev–Trinajstić information content (AvgIpc) is 2.75. The maximum atomic E-state index is 13.2. The molecule has 142 valence electrons. The molecule has 0 fully saturated rings. The number of amides is 1. The summed E-state index contributed by atoms with van der Waals surface area (Å²) in [5.41, 5.74) is 2.03. The summed E-state index contributed by atoms with van der Waals surface area (Å²) in [5.74, 6) is 0.566. The summed E-state index contributed by atoms with van der Waals surface area (Å²) in [6.07, 6.45) is 0.322. The fraction of sp³-hybridized carbons (Fsp3) is 0.250. The first-order valence-corrected chi connectivity index (χ1v) is 9.39. The molecule has 28 heavy (non-hydrogen) atoms. The van der Waals surface area contributed by atoms with Crippen LogP contribution in [0.4, 0.5) is 0 Å². The molecule has 3 rings (SSSR count). The molecule has 0 spiro atoms. The van der Waals surface area contributed by atoms with E-state index in [9.17, 15) is 4.79 Å². The second-order valence-corrected chi connectivity index (χ2v) is 6.85. The maximum absolute atomic E-state index is 13.2. The normalized spacial score (nSPS) is 11.6. The van der Waals surface area contributed by atoms with Crippen molar-refractivity contribution in [3.63, 3.8) is 0 Å². The third kappa shape index (κ3) is 4.50. The van der Waals surface area contributed by atoms with Gasteiger partial charge < -0.3 is 9.64 Å². The van der Waals surface area contributed by atoms with E-state index in [2.05, 4.69) is 12.1 Å². The lowest BCUT2D eigenvalue weighted by molar-refractivity contribution is -0.133. The summed E-state index contributed by atoms with van der Waals surface area (Å²) in [6, 6.07) is 24.0. The van der Waals surface area contributed by atoms with Crippen molar-refractivity contribution < 1.29 is 9.53 Å². The number of carbonyl (C=O) groups excluding carboxylic acids is 1. The number of rotatable bonds is 7. The lowest BCUT2D eigenvalue weighted by Gasteiger charge is -2.25. The highest BCUT2D eigenvalue weighted by molar-refractivity contribution is 5.88. The number of fused-ring (bicyclic) bond motifs is 1. The van der Waals surface area contributed by atoms with Crippen LogP contribution in [0.25, 0.3) is 10.8 Å². The number of ether oxygens (including phenoxy) is 1. The first-order valence-electron chi connectivity index (χ1n) is 9.39. The van der Waals surface area contributed by atoms with Gasteiger partial charge in [-0.1, -0.05) is 54.6 Å². The summed E-state index contributed by atoms with van der Waals surface area (Å²) in [6.45, 7) is 2.87. The number of nitrogens with zero attached hydrogens (tertiary/aromatic N) is 2. The van der Waals surface area contributed by atoms with Crippen molar-refractivity contribution in [2.24, 2.45) is 0 Å². The van der Waals surface area contributed by atoms with Crippen LogP contribution in [0.1, 0.15) is 30.4 Å². The van der Waals surface area contributed by atoms with Crippen molar-refractivity contribution in [3.8, 4) is 11.8 Å². The molecule has 0 radical (unpaired) electrons. The largest absolute Gasteiger partial charge is 0.497 e. The first kappa shape index (κ1) is 19.4. The summed E-state index contributed by atoms with van der Waals surface area (Å²) in [7, 11) is 1.65. The second-order valence-electron chi connectivity index (χ2n) is 6.85. The number of benzene rings is 3. The van der Waals surface area contributed by atoms with Gasteiger partial charge in [0.2, 0.25) is 5.91 Å². The number of nitriles is 1. The van der Waals surface area contributed by atoms with E-state index >= 15 is 0 Å². The van der Waals surface area contributed by atoms with Crippen LogP contribution in [-0.2, 0) is 11.3 Å². The molecule has 3 aromatic rings. The zero-order valence-electron chi connectivity index (χ0n) is 16.3. The van der Waals surface area contributed by atoms with E-state index in [4.69, 9.17) is 10.00 Å². The van der Waals surface area contributed by atoms with Gasteiger partial charge in [0.05, 0.1) is 25.5 Å². The van der Waals surface area contributed by atoms with Crippen LogP contribution < -0.4 is 4.74 Å². The van der Waals surface area contributed by atoms with Gasteiger partial charge in [0.25, 0.3) is 0 Å². The monoisotopic (exact) mass is 372 g/mol. The molecule has 0 bridgehead atoms. The molecule has 0 aromatic heterocycles. The minimum atomic E-state index is -0.283. The van der Waals surface area contributed by atoms with Crippen LogP contribution in [0.3, 0.4) is 0 Å². The first-order chi connectivity index (χ1) is 13.6. The van der Waals surface area contributed by atoms with Gasteiger partial charge in [0.15, 0.2) is 0 Å². The van der Waals surface area contributed by atoms with Gasteiger partial charge in [-0.3, -0.25) is 4.79 Å². The molecular weight excluding hydrogens is 348 g/mol. The highest BCUT2D eigenvalue weighted by atomic mass is 16.5. The summed E-state index contributed by atoms with van der Waals surface area (Å²) < 4.78 is 5.28. The molecule has 1 atom stereocenters. The van der Waals surface area contributed by atoms with Gasteiger partial charge in [-0.25, -0.2) is 0 Å². The molecular formula is C24H24N2O2. The zero-order chi connectivity index (χ0) is 19.9.